The van der Waals surface area contributed by atoms with Crippen molar-refractivity contribution in [3.05, 3.63) is 0 Å². The standard InChI is InChI=1S/C16H27N3O5S/c1-3-18(4-2)16(22)23-9-10-12(20)13(21)11-14(24-10)25-15(17-11)19-7-5-6-8-19/h10-14,20-21H,3-9H2,1-2H3/t10-,11-,12-,13-,14-/m1/s1. The van der Waals surface area contributed by atoms with Gasteiger partial charge in [-0.1, -0.05) is 11.8 Å². The molecule has 0 aromatic carbocycles. The number of hydrogen-bond donors (Lipinski definition) is 2. The van der Waals surface area contributed by atoms with Crippen LogP contribution >= 0.6 is 11.8 Å². The number of likely N-dealkylation sites (tertiary alicyclic amines) is 1. The van der Waals surface area contributed by atoms with Crippen molar-refractivity contribution < 1.29 is 24.5 Å². The summed E-state index contributed by atoms with van der Waals surface area (Å²) in [6, 6.07) is -0.481. The van der Waals surface area contributed by atoms with Gasteiger partial charge in [0.1, 0.15) is 36.4 Å². The number of carbonyl (C=O) groups excluding carboxylic acids is 1. The highest BCUT2D eigenvalue weighted by molar-refractivity contribution is 8.14. The maximum absolute atomic E-state index is 12.0. The molecule has 9 heteroatoms. The van der Waals surface area contributed by atoms with Crippen molar-refractivity contribution in [2.24, 2.45) is 4.99 Å². The Morgan fingerprint density at radius 2 is 2.00 bits per heavy atom. The third-order valence-electron chi connectivity index (χ3n) is 4.92. The molecule has 0 spiro atoms. The highest BCUT2D eigenvalue weighted by atomic mass is 32.2. The van der Waals surface area contributed by atoms with E-state index in [1.807, 2.05) is 13.8 Å². The molecule has 0 bridgehead atoms. The van der Waals surface area contributed by atoms with Crippen LogP contribution in [0.15, 0.2) is 4.99 Å². The van der Waals surface area contributed by atoms with Crippen LogP contribution in [0.3, 0.4) is 0 Å². The zero-order valence-electron chi connectivity index (χ0n) is 14.7. The lowest BCUT2D eigenvalue weighted by molar-refractivity contribution is -0.165. The van der Waals surface area contributed by atoms with E-state index >= 15 is 0 Å². The fourth-order valence-electron chi connectivity index (χ4n) is 3.34. The van der Waals surface area contributed by atoms with E-state index in [0.717, 1.165) is 31.1 Å². The van der Waals surface area contributed by atoms with Gasteiger partial charge in [-0.2, -0.15) is 0 Å². The van der Waals surface area contributed by atoms with Gasteiger partial charge in [0, 0.05) is 26.2 Å². The molecule has 3 rings (SSSR count). The summed E-state index contributed by atoms with van der Waals surface area (Å²) in [5.74, 6) is 0. The maximum Gasteiger partial charge on any atom is 0.409 e. The second-order valence-corrected chi connectivity index (χ2v) is 7.55. The molecule has 0 aromatic rings. The molecule has 3 aliphatic rings. The topological polar surface area (TPSA) is 94.8 Å². The number of ether oxygens (including phenoxy) is 2. The van der Waals surface area contributed by atoms with Gasteiger partial charge in [-0.25, -0.2) is 4.79 Å². The molecule has 3 aliphatic heterocycles. The Morgan fingerprint density at radius 1 is 1.32 bits per heavy atom. The predicted octanol–water partition coefficient (Wildman–Crippen LogP) is 0.479. The average Bonchev–Trinajstić information content (AvgIpc) is 3.27. The van der Waals surface area contributed by atoms with Crippen LogP contribution in [-0.4, -0.2) is 93.8 Å². The second-order valence-electron chi connectivity index (χ2n) is 6.49. The van der Waals surface area contributed by atoms with Crippen LogP contribution in [-0.2, 0) is 9.47 Å². The largest absolute Gasteiger partial charge is 0.447 e. The van der Waals surface area contributed by atoms with Gasteiger partial charge in [0.15, 0.2) is 5.17 Å². The van der Waals surface area contributed by atoms with Crippen LogP contribution in [0.25, 0.3) is 0 Å². The Morgan fingerprint density at radius 3 is 2.64 bits per heavy atom. The molecule has 2 saturated heterocycles. The van der Waals surface area contributed by atoms with Crippen LogP contribution in [0.5, 0.6) is 0 Å². The Bertz CT molecular complexity index is 510. The van der Waals surface area contributed by atoms with E-state index < -0.39 is 30.4 Å². The van der Waals surface area contributed by atoms with Gasteiger partial charge in [-0.05, 0) is 26.7 Å². The fourth-order valence-corrected chi connectivity index (χ4v) is 4.62. The van der Waals surface area contributed by atoms with Crippen molar-refractivity contribution in [2.45, 2.75) is 56.5 Å². The molecule has 142 valence electrons. The summed E-state index contributed by atoms with van der Waals surface area (Å²) in [6.07, 6.45) is -1.06. The molecule has 0 aliphatic carbocycles. The molecule has 8 nitrogen and oxygen atoms in total. The number of fused-ring (bicyclic) bond motifs is 1. The van der Waals surface area contributed by atoms with Crippen molar-refractivity contribution in [3.63, 3.8) is 0 Å². The van der Waals surface area contributed by atoms with E-state index in [1.165, 1.54) is 11.8 Å². The third kappa shape index (κ3) is 3.89. The van der Waals surface area contributed by atoms with Crippen molar-refractivity contribution in [1.82, 2.24) is 9.80 Å². The summed E-state index contributed by atoms with van der Waals surface area (Å²) in [4.78, 5) is 20.3. The van der Waals surface area contributed by atoms with Crippen molar-refractivity contribution in [1.29, 1.82) is 0 Å². The number of aliphatic hydroxyl groups excluding tert-OH is 2. The fraction of sp³-hybridized carbons (Fsp3) is 0.875. The first-order chi connectivity index (χ1) is 12.0. The van der Waals surface area contributed by atoms with Crippen LogP contribution in [0.4, 0.5) is 4.79 Å². The van der Waals surface area contributed by atoms with E-state index in [1.54, 1.807) is 4.90 Å². The lowest BCUT2D eigenvalue weighted by atomic mass is 9.99. The normalized spacial score (nSPS) is 34.6. The number of hydrogen-bond acceptors (Lipinski definition) is 8. The van der Waals surface area contributed by atoms with Crippen molar-refractivity contribution >= 4 is 23.0 Å². The number of carbonyl (C=O) groups is 1. The molecule has 0 radical (unpaired) electrons. The molecular weight excluding hydrogens is 346 g/mol. The van der Waals surface area contributed by atoms with E-state index in [0.29, 0.717) is 13.1 Å². The van der Waals surface area contributed by atoms with E-state index in [4.69, 9.17) is 9.47 Å². The molecule has 5 atom stereocenters. The summed E-state index contributed by atoms with van der Waals surface area (Å²) >= 11 is 1.48. The number of amides is 1. The minimum atomic E-state index is -1.13. The van der Waals surface area contributed by atoms with Gasteiger partial charge in [-0.15, -0.1) is 0 Å². The predicted molar refractivity (Wildman–Crippen MR) is 94.6 cm³/mol. The summed E-state index contributed by atoms with van der Waals surface area (Å²) < 4.78 is 11.1. The number of rotatable bonds is 4. The van der Waals surface area contributed by atoms with E-state index in [2.05, 4.69) is 9.89 Å². The second kappa shape index (κ2) is 8.11. The van der Waals surface area contributed by atoms with Crippen LogP contribution < -0.4 is 0 Å². The zero-order chi connectivity index (χ0) is 18.0. The number of nitrogens with zero attached hydrogens (tertiary/aromatic N) is 3. The Kier molecular flexibility index (Phi) is 6.08. The van der Waals surface area contributed by atoms with Gasteiger partial charge < -0.3 is 29.5 Å². The highest BCUT2D eigenvalue weighted by Crippen LogP contribution is 2.38. The molecule has 25 heavy (non-hydrogen) atoms. The summed E-state index contributed by atoms with van der Waals surface area (Å²) in [6.45, 7) is 6.70. The van der Waals surface area contributed by atoms with Gasteiger partial charge in [0.25, 0.3) is 0 Å². The molecule has 0 saturated carbocycles. The Balaban J connectivity index is 1.58. The van der Waals surface area contributed by atoms with Crippen molar-refractivity contribution in [3.8, 4) is 0 Å². The lowest BCUT2D eigenvalue weighted by Gasteiger charge is -2.38. The third-order valence-corrected chi connectivity index (χ3v) is 6.12. The first-order valence-corrected chi connectivity index (χ1v) is 9.85. The Labute approximate surface area is 152 Å². The highest BCUT2D eigenvalue weighted by Gasteiger charge is 2.49. The first-order valence-electron chi connectivity index (χ1n) is 8.97. The summed E-state index contributed by atoms with van der Waals surface area (Å²) in [5, 5.41) is 21.6. The van der Waals surface area contributed by atoms with Crippen molar-refractivity contribution in [2.75, 3.05) is 32.8 Å². The van der Waals surface area contributed by atoms with Crippen LogP contribution in [0, 0.1) is 0 Å². The van der Waals surface area contributed by atoms with Gasteiger partial charge in [0.2, 0.25) is 0 Å². The molecule has 3 heterocycles. The molecule has 2 N–H and O–H groups in total. The van der Waals surface area contributed by atoms with Crippen LogP contribution in [0.1, 0.15) is 26.7 Å². The number of thioether (sulfide) groups is 1. The summed E-state index contributed by atoms with van der Waals surface area (Å²) in [7, 11) is 0. The molecule has 2 fully saturated rings. The monoisotopic (exact) mass is 373 g/mol. The SMILES string of the molecule is CCN(CC)C(=O)OC[C@H]1O[C@@H]2SC(N3CCCC3)=N[C@@H]2[C@@H](O)[C@@H]1O. The van der Waals surface area contributed by atoms with Gasteiger partial charge >= 0.3 is 6.09 Å². The van der Waals surface area contributed by atoms with E-state index in [9.17, 15) is 15.0 Å². The smallest absolute Gasteiger partial charge is 0.409 e. The lowest BCUT2D eigenvalue weighted by Crippen LogP contribution is -2.56. The quantitative estimate of drug-likeness (QED) is 0.740. The number of amidine groups is 1. The van der Waals surface area contributed by atoms with E-state index in [-0.39, 0.29) is 12.0 Å². The maximum atomic E-state index is 12.0. The van der Waals surface area contributed by atoms with Gasteiger partial charge in [0.05, 0.1) is 0 Å². The molecule has 1 amide bonds. The average molecular weight is 373 g/mol. The molecule has 0 aromatic heterocycles. The number of aliphatic hydroxyl groups is 2. The van der Waals surface area contributed by atoms with Gasteiger partial charge in [-0.3, -0.25) is 4.99 Å². The Hall–Kier alpha value is -1.03. The minimum Gasteiger partial charge on any atom is -0.447 e. The summed E-state index contributed by atoms with van der Waals surface area (Å²) in [5.41, 5.74) is -0.355. The molecule has 0 unspecified atom stereocenters. The minimum absolute atomic E-state index is 0.0869. The molecular formula is C16H27N3O5S. The first kappa shape index (κ1) is 18.8. The van der Waals surface area contributed by atoms with Crippen LogP contribution in [0.2, 0.25) is 0 Å². The zero-order valence-corrected chi connectivity index (χ0v) is 15.5. The number of aliphatic imine (C=N–C) groups is 1.